The Morgan fingerprint density at radius 1 is 0.821 bits per heavy atom. The third-order valence-electron chi connectivity index (χ3n) is 6.18. The van der Waals surface area contributed by atoms with Gasteiger partial charge in [0.15, 0.2) is 0 Å². The number of rotatable bonds is 7. The predicted octanol–water partition coefficient (Wildman–Crippen LogP) is 7.02. The number of aromatic nitrogens is 1. The second-order valence-electron chi connectivity index (χ2n) is 8.62. The first-order chi connectivity index (χ1) is 19.1. The highest BCUT2D eigenvalue weighted by Crippen LogP contribution is 2.35. The van der Waals surface area contributed by atoms with Gasteiger partial charge in [-0.05, 0) is 53.6 Å². The van der Waals surface area contributed by atoms with Gasteiger partial charge in [0.2, 0.25) is 0 Å². The molecular formula is C32H24ClN3O3. The summed E-state index contributed by atoms with van der Waals surface area (Å²) >= 11 is 6.18. The molecule has 1 aromatic heterocycles. The number of hydrogen-bond donors (Lipinski definition) is 1. The average molecular weight is 534 g/mol. The number of hydrogen-bond acceptors (Lipinski definition) is 4. The van der Waals surface area contributed by atoms with Gasteiger partial charge in [-0.25, -0.2) is 10.2 Å². The van der Waals surface area contributed by atoms with E-state index in [1.54, 1.807) is 42.6 Å². The predicted molar refractivity (Wildman–Crippen MR) is 154 cm³/mol. The minimum atomic E-state index is -0.403. The summed E-state index contributed by atoms with van der Waals surface area (Å²) in [7, 11) is 1.36. The number of nitrogens with zero attached hydrogens (tertiary/aromatic N) is 2. The van der Waals surface area contributed by atoms with Crippen molar-refractivity contribution in [1.82, 2.24) is 9.99 Å². The molecule has 0 fully saturated rings. The van der Waals surface area contributed by atoms with Crippen LogP contribution >= 0.6 is 11.6 Å². The van der Waals surface area contributed by atoms with Crippen molar-refractivity contribution in [2.24, 2.45) is 5.10 Å². The molecule has 0 aliphatic heterocycles. The third-order valence-corrected chi connectivity index (χ3v) is 6.51. The van der Waals surface area contributed by atoms with Gasteiger partial charge >= 0.3 is 5.97 Å². The number of nitrogens with one attached hydrogen (secondary N) is 1. The monoisotopic (exact) mass is 533 g/mol. The molecule has 0 saturated heterocycles. The van der Waals surface area contributed by atoms with Crippen LogP contribution in [0.15, 0.2) is 120 Å². The Balaban J connectivity index is 1.64. The molecule has 39 heavy (non-hydrogen) atoms. The van der Waals surface area contributed by atoms with E-state index in [0.29, 0.717) is 16.1 Å². The standard InChI is InChI=1S/C32H24ClN3O3/c1-39-32(38)24-16-18-26(19-17-24)36-29(22-10-4-2-5-11-22)20-25(30(36)23-12-6-3-7-13-23)21-34-35-31(37)27-14-8-9-15-28(27)33/h2-21H,1H3,(H,35,37)/b34-21+. The number of hydrazone groups is 1. The van der Waals surface area contributed by atoms with Crippen LogP contribution in [-0.4, -0.2) is 29.8 Å². The van der Waals surface area contributed by atoms with Crippen LogP contribution < -0.4 is 5.43 Å². The zero-order chi connectivity index (χ0) is 27.2. The highest BCUT2D eigenvalue weighted by molar-refractivity contribution is 6.33. The van der Waals surface area contributed by atoms with Gasteiger partial charge in [-0.2, -0.15) is 5.10 Å². The molecule has 0 aliphatic carbocycles. The highest BCUT2D eigenvalue weighted by Gasteiger charge is 2.19. The second-order valence-corrected chi connectivity index (χ2v) is 9.03. The van der Waals surface area contributed by atoms with Gasteiger partial charge in [0, 0.05) is 11.3 Å². The molecule has 0 atom stereocenters. The summed E-state index contributed by atoms with van der Waals surface area (Å²) in [6, 6.07) is 36.0. The third kappa shape index (κ3) is 5.51. The Kier molecular flexibility index (Phi) is 7.66. The molecule has 0 unspecified atom stereocenters. The number of amides is 1. The first kappa shape index (κ1) is 25.7. The lowest BCUT2D eigenvalue weighted by atomic mass is 10.1. The fourth-order valence-electron chi connectivity index (χ4n) is 4.34. The molecule has 7 heteroatoms. The summed E-state index contributed by atoms with van der Waals surface area (Å²) in [4.78, 5) is 24.7. The first-order valence-electron chi connectivity index (χ1n) is 12.2. The molecule has 0 spiro atoms. The van der Waals surface area contributed by atoms with Crippen molar-refractivity contribution in [2.45, 2.75) is 0 Å². The van der Waals surface area contributed by atoms with Crippen LogP contribution in [0.3, 0.4) is 0 Å². The lowest BCUT2D eigenvalue weighted by Gasteiger charge is -2.15. The molecule has 5 rings (SSSR count). The molecule has 4 aromatic carbocycles. The van der Waals surface area contributed by atoms with Crippen LogP contribution in [0.1, 0.15) is 26.3 Å². The number of esters is 1. The molecular weight excluding hydrogens is 510 g/mol. The number of carbonyl (C=O) groups excluding carboxylic acids is 2. The zero-order valence-corrected chi connectivity index (χ0v) is 21.8. The molecule has 0 saturated carbocycles. The summed E-state index contributed by atoms with van der Waals surface area (Å²) in [6.07, 6.45) is 1.63. The molecule has 1 heterocycles. The van der Waals surface area contributed by atoms with Crippen LogP contribution in [0.4, 0.5) is 0 Å². The van der Waals surface area contributed by atoms with E-state index in [1.165, 1.54) is 7.11 Å². The molecule has 192 valence electrons. The SMILES string of the molecule is COC(=O)c1ccc(-n2c(-c3ccccc3)cc(/C=N/NC(=O)c3ccccc3Cl)c2-c2ccccc2)cc1. The Hall–Kier alpha value is -4.94. The van der Waals surface area contributed by atoms with Gasteiger partial charge < -0.3 is 9.30 Å². The van der Waals surface area contributed by atoms with Crippen LogP contribution in [0.2, 0.25) is 5.02 Å². The maximum Gasteiger partial charge on any atom is 0.337 e. The number of ether oxygens (including phenoxy) is 1. The normalized spacial score (nSPS) is 10.9. The molecule has 1 N–H and O–H groups in total. The highest BCUT2D eigenvalue weighted by atomic mass is 35.5. The minimum Gasteiger partial charge on any atom is -0.465 e. The van der Waals surface area contributed by atoms with Crippen molar-refractivity contribution in [1.29, 1.82) is 0 Å². The van der Waals surface area contributed by atoms with Gasteiger partial charge in [-0.15, -0.1) is 0 Å². The minimum absolute atomic E-state index is 0.341. The molecule has 1 amide bonds. The fraction of sp³-hybridized carbons (Fsp3) is 0.0312. The molecule has 0 radical (unpaired) electrons. The largest absolute Gasteiger partial charge is 0.465 e. The van der Waals surface area contributed by atoms with E-state index < -0.39 is 11.9 Å². The van der Waals surface area contributed by atoms with E-state index in [1.807, 2.05) is 78.9 Å². The maximum atomic E-state index is 12.7. The summed E-state index contributed by atoms with van der Waals surface area (Å²) in [5.41, 5.74) is 8.76. The summed E-state index contributed by atoms with van der Waals surface area (Å²) in [5.74, 6) is -0.804. The van der Waals surface area contributed by atoms with Crippen molar-refractivity contribution in [3.05, 3.63) is 137 Å². The van der Waals surface area contributed by atoms with Gasteiger partial charge in [0.05, 0.1) is 40.9 Å². The Morgan fingerprint density at radius 3 is 2.08 bits per heavy atom. The number of halogens is 1. The number of methoxy groups -OCH3 is 1. The topological polar surface area (TPSA) is 72.7 Å². The zero-order valence-electron chi connectivity index (χ0n) is 21.0. The van der Waals surface area contributed by atoms with Crippen LogP contribution in [0.5, 0.6) is 0 Å². The number of benzene rings is 4. The van der Waals surface area contributed by atoms with E-state index in [9.17, 15) is 9.59 Å². The molecule has 6 nitrogen and oxygen atoms in total. The van der Waals surface area contributed by atoms with Crippen LogP contribution in [0, 0.1) is 0 Å². The summed E-state index contributed by atoms with van der Waals surface area (Å²) in [6.45, 7) is 0. The van der Waals surface area contributed by atoms with Crippen LogP contribution in [-0.2, 0) is 4.74 Å². The molecule has 0 aliphatic rings. The van der Waals surface area contributed by atoms with Crippen molar-refractivity contribution in [2.75, 3.05) is 7.11 Å². The van der Waals surface area contributed by atoms with E-state index in [2.05, 4.69) is 15.1 Å². The van der Waals surface area contributed by atoms with Gasteiger partial charge in [-0.3, -0.25) is 4.79 Å². The maximum absolute atomic E-state index is 12.7. The van der Waals surface area contributed by atoms with Gasteiger partial charge in [-0.1, -0.05) is 84.4 Å². The summed E-state index contributed by atoms with van der Waals surface area (Å²) < 4.78 is 6.98. The molecule has 0 bridgehead atoms. The lowest BCUT2D eigenvalue weighted by molar-refractivity contribution is 0.0600. The van der Waals surface area contributed by atoms with E-state index in [-0.39, 0.29) is 0 Å². The second kappa shape index (κ2) is 11.6. The molecule has 5 aromatic rings. The lowest BCUT2D eigenvalue weighted by Crippen LogP contribution is -2.18. The van der Waals surface area contributed by atoms with Gasteiger partial charge in [0.1, 0.15) is 0 Å². The van der Waals surface area contributed by atoms with Gasteiger partial charge in [0.25, 0.3) is 5.91 Å². The Labute approximate surface area is 231 Å². The van der Waals surface area contributed by atoms with Crippen molar-refractivity contribution in [3.8, 4) is 28.2 Å². The van der Waals surface area contributed by atoms with Crippen molar-refractivity contribution < 1.29 is 14.3 Å². The average Bonchev–Trinajstić information content (AvgIpc) is 3.37. The van der Waals surface area contributed by atoms with E-state index >= 15 is 0 Å². The van der Waals surface area contributed by atoms with E-state index in [4.69, 9.17) is 16.3 Å². The van der Waals surface area contributed by atoms with Crippen molar-refractivity contribution >= 4 is 29.7 Å². The quantitative estimate of drug-likeness (QED) is 0.139. The Morgan fingerprint density at radius 2 is 1.44 bits per heavy atom. The summed E-state index contributed by atoms with van der Waals surface area (Å²) in [5, 5.41) is 4.63. The Bertz CT molecular complexity index is 1640. The number of carbonyl (C=O) groups is 2. The van der Waals surface area contributed by atoms with Crippen LogP contribution in [0.25, 0.3) is 28.2 Å². The fourth-order valence-corrected chi connectivity index (χ4v) is 4.56. The van der Waals surface area contributed by atoms with E-state index in [0.717, 1.165) is 33.8 Å². The first-order valence-corrected chi connectivity index (χ1v) is 12.6. The van der Waals surface area contributed by atoms with Crippen molar-refractivity contribution in [3.63, 3.8) is 0 Å². The smallest absolute Gasteiger partial charge is 0.337 e.